The van der Waals surface area contributed by atoms with E-state index in [1.54, 1.807) is 0 Å². The van der Waals surface area contributed by atoms with Crippen LogP contribution in [0.2, 0.25) is 0 Å². The molecule has 0 aliphatic carbocycles. The lowest BCUT2D eigenvalue weighted by atomic mass is 10.0. The fourth-order valence-corrected chi connectivity index (χ4v) is 1.97. The van der Waals surface area contributed by atoms with Gasteiger partial charge < -0.3 is 4.74 Å². The summed E-state index contributed by atoms with van der Waals surface area (Å²) in [7, 11) is 0. The third-order valence-corrected chi connectivity index (χ3v) is 3.01. The van der Waals surface area contributed by atoms with Gasteiger partial charge in [-0.2, -0.15) is 0 Å². The Morgan fingerprint density at radius 3 is 2.45 bits per heavy atom. The molecule has 0 aromatic heterocycles. The Morgan fingerprint density at radius 2 is 1.80 bits per heavy atom. The monoisotopic (exact) mass is 269 g/mol. The summed E-state index contributed by atoms with van der Waals surface area (Å²) in [6.07, 6.45) is -0.469. The smallest absolute Gasteiger partial charge is 0.410 e. The average molecular weight is 269 g/mol. The molecule has 0 fully saturated rings. The van der Waals surface area contributed by atoms with Gasteiger partial charge in [-0.1, -0.05) is 44.2 Å². The number of hydrogen-bond acceptors (Lipinski definition) is 2. The molecule has 0 atom stereocenters. The molecule has 0 saturated carbocycles. The second kappa shape index (κ2) is 6.24. The summed E-state index contributed by atoms with van der Waals surface area (Å²) in [6.45, 7) is 6.13. The molecule has 0 saturated heterocycles. The first-order valence-electron chi connectivity index (χ1n) is 6.70. The van der Waals surface area contributed by atoms with E-state index < -0.39 is 6.09 Å². The first-order chi connectivity index (χ1) is 9.56. The summed E-state index contributed by atoms with van der Waals surface area (Å²) in [5, 5.41) is 2.71. The summed E-state index contributed by atoms with van der Waals surface area (Å²) < 4.78 is 5.44. The number of hydrogen-bond donors (Lipinski definition) is 1. The number of carbonyl (C=O) groups is 1. The maximum atomic E-state index is 11.9. The Hall–Kier alpha value is -2.29. The van der Waals surface area contributed by atoms with Gasteiger partial charge in [0.05, 0.1) is 0 Å². The van der Waals surface area contributed by atoms with Crippen LogP contribution in [0.25, 0.3) is 0 Å². The molecule has 104 valence electrons. The molecule has 3 heteroatoms. The minimum absolute atomic E-state index is 0.301. The Balaban J connectivity index is 2.13. The second-order valence-electron chi connectivity index (χ2n) is 5.08. The van der Waals surface area contributed by atoms with Crippen molar-refractivity contribution >= 4 is 11.8 Å². The first kappa shape index (κ1) is 14.1. The van der Waals surface area contributed by atoms with Gasteiger partial charge in [-0.15, -0.1) is 0 Å². The number of ether oxygens (including phenoxy) is 1. The van der Waals surface area contributed by atoms with Gasteiger partial charge in [0.25, 0.3) is 0 Å². The van der Waals surface area contributed by atoms with E-state index >= 15 is 0 Å². The predicted molar refractivity (Wildman–Crippen MR) is 81.4 cm³/mol. The van der Waals surface area contributed by atoms with Crippen LogP contribution in [0.5, 0.6) is 5.75 Å². The Morgan fingerprint density at radius 1 is 1.10 bits per heavy atom. The van der Waals surface area contributed by atoms with Crippen LogP contribution in [0.4, 0.5) is 10.5 Å². The number of aryl methyl sites for hydroxylation is 1. The van der Waals surface area contributed by atoms with Crippen molar-refractivity contribution in [2.24, 2.45) is 0 Å². The van der Waals surface area contributed by atoms with Gasteiger partial charge in [-0.3, -0.25) is 5.32 Å². The molecule has 1 amide bonds. The van der Waals surface area contributed by atoms with Crippen LogP contribution in [-0.4, -0.2) is 6.09 Å². The predicted octanol–water partition coefficient (Wildman–Crippen LogP) is 4.73. The lowest BCUT2D eigenvalue weighted by Crippen LogP contribution is -2.17. The number of nitrogens with one attached hydrogen (secondary N) is 1. The van der Waals surface area contributed by atoms with Gasteiger partial charge in [0.2, 0.25) is 0 Å². The standard InChI is InChI=1S/C17H19NO2/c1-12(2)15-10-9-13(3)11-16(15)20-17(19)18-14-7-5-4-6-8-14/h4-12H,1-3H3,(H,18,19). The van der Waals surface area contributed by atoms with Gasteiger partial charge in [0.15, 0.2) is 0 Å². The van der Waals surface area contributed by atoms with Crippen LogP contribution in [0, 0.1) is 6.92 Å². The zero-order chi connectivity index (χ0) is 14.5. The van der Waals surface area contributed by atoms with E-state index in [0.29, 0.717) is 11.7 Å². The van der Waals surface area contributed by atoms with Crippen molar-refractivity contribution < 1.29 is 9.53 Å². The molecule has 0 unspecified atom stereocenters. The SMILES string of the molecule is Cc1ccc(C(C)C)c(OC(=O)Nc2ccccc2)c1. The van der Waals surface area contributed by atoms with Crippen molar-refractivity contribution in [1.29, 1.82) is 0 Å². The van der Waals surface area contributed by atoms with Crippen molar-refractivity contribution in [3.05, 3.63) is 59.7 Å². The fourth-order valence-electron chi connectivity index (χ4n) is 1.97. The first-order valence-corrected chi connectivity index (χ1v) is 6.70. The number of amides is 1. The van der Waals surface area contributed by atoms with Crippen LogP contribution >= 0.6 is 0 Å². The van der Waals surface area contributed by atoms with E-state index in [1.807, 2.05) is 55.5 Å². The minimum atomic E-state index is -0.469. The van der Waals surface area contributed by atoms with Gasteiger partial charge in [-0.05, 0) is 42.2 Å². The zero-order valence-corrected chi connectivity index (χ0v) is 12.0. The van der Waals surface area contributed by atoms with Crippen LogP contribution < -0.4 is 10.1 Å². The number of benzene rings is 2. The van der Waals surface area contributed by atoms with E-state index in [2.05, 4.69) is 19.2 Å². The van der Waals surface area contributed by atoms with Crippen molar-refractivity contribution in [3.63, 3.8) is 0 Å². The molecule has 0 bridgehead atoms. The fraction of sp³-hybridized carbons (Fsp3) is 0.235. The number of para-hydroxylation sites is 1. The van der Waals surface area contributed by atoms with E-state index in [9.17, 15) is 4.79 Å². The summed E-state index contributed by atoms with van der Waals surface area (Å²) in [6, 6.07) is 15.2. The van der Waals surface area contributed by atoms with E-state index in [1.165, 1.54) is 0 Å². The summed E-state index contributed by atoms with van der Waals surface area (Å²) >= 11 is 0. The molecule has 0 aliphatic rings. The lowest BCUT2D eigenvalue weighted by molar-refractivity contribution is 0.214. The van der Waals surface area contributed by atoms with Crippen LogP contribution in [0.1, 0.15) is 30.9 Å². The highest BCUT2D eigenvalue weighted by Crippen LogP contribution is 2.27. The highest BCUT2D eigenvalue weighted by Gasteiger charge is 2.12. The molecule has 1 N–H and O–H groups in total. The van der Waals surface area contributed by atoms with Gasteiger partial charge in [-0.25, -0.2) is 4.79 Å². The quantitative estimate of drug-likeness (QED) is 0.874. The van der Waals surface area contributed by atoms with Gasteiger partial charge in [0.1, 0.15) is 5.75 Å². The molecular weight excluding hydrogens is 250 g/mol. The minimum Gasteiger partial charge on any atom is -0.410 e. The highest BCUT2D eigenvalue weighted by molar-refractivity contribution is 5.86. The second-order valence-corrected chi connectivity index (χ2v) is 5.08. The Bertz CT molecular complexity index is 591. The van der Waals surface area contributed by atoms with Gasteiger partial charge in [0, 0.05) is 5.69 Å². The number of anilines is 1. The van der Waals surface area contributed by atoms with E-state index in [0.717, 1.165) is 16.8 Å². The molecule has 0 radical (unpaired) electrons. The van der Waals surface area contributed by atoms with Gasteiger partial charge >= 0.3 is 6.09 Å². The summed E-state index contributed by atoms with van der Waals surface area (Å²) in [5.74, 6) is 0.920. The van der Waals surface area contributed by atoms with Crippen molar-refractivity contribution in [1.82, 2.24) is 0 Å². The Labute approximate surface area is 119 Å². The molecule has 0 heterocycles. The van der Waals surface area contributed by atoms with Crippen molar-refractivity contribution in [2.45, 2.75) is 26.7 Å². The average Bonchev–Trinajstić information content (AvgIpc) is 2.39. The topological polar surface area (TPSA) is 38.3 Å². The largest absolute Gasteiger partial charge is 0.417 e. The molecule has 2 rings (SSSR count). The van der Waals surface area contributed by atoms with Crippen LogP contribution in [0.15, 0.2) is 48.5 Å². The maximum Gasteiger partial charge on any atom is 0.417 e. The summed E-state index contributed by atoms with van der Waals surface area (Å²) in [4.78, 5) is 11.9. The third-order valence-electron chi connectivity index (χ3n) is 3.01. The van der Waals surface area contributed by atoms with Crippen LogP contribution in [0.3, 0.4) is 0 Å². The van der Waals surface area contributed by atoms with Crippen molar-refractivity contribution in [3.8, 4) is 5.75 Å². The number of carbonyl (C=O) groups excluding carboxylic acids is 1. The highest BCUT2D eigenvalue weighted by atomic mass is 16.6. The normalized spacial score (nSPS) is 10.4. The van der Waals surface area contributed by atoms with Crippen LogP contribution in [-0.2, 0) is 0 Å². The number of rotatable bonds is 3. The molecular formula is C17H19NO2. The third kappa shape index (κ3) is 3.60. The molecule has 0 spiro atoms. The molecule has 2 aromatic rings. The molecule has 0 aliphatic heterocycles. The Kier molecular flexibility index (Phi) is 4.41. The molecule has 2 aromatic carbocycles. The van der Waals surface area contributed by atoms with E-state index in [4.69, 9.17) is 4.74 Å². The zero-order valence-electron chi connectivity index (χ0n) is 12.0. The van der Waals surface area contributed by atoms with Crippen molar-refractivity contribution in [2.75, 3.05) is 5.32 Å². The lowest BCUT2D eigenvalue weighted by Gasteiger charge is -2.14. The maximum absolute atomic E-state index is 11.9. The summed E-state index contributed by atoms with van der Waals surface area (Å²) in [5.41, 5.74) is 2.81. The van der Waals surface area contributed by atoms with E-state index in [-0.39, 0.29) is 0 Å². The molecule has 20 heavy (non-hydrogen) atoms. The molecule has 3 nitrogen and oxygen atoms in total.